The molecule has 4 heteroatoms. The van der Waals surface area contributed by atoms with Crippen LogP contribution in [0.15, 0.2) is 30.3 Å². The molecule has 78 valence electrons. The summed E-state index contributed by atoms with van der Waals surface area (Å²) in [4.78, 5) is 0. The summed E-state index contributed by atoms with van der Waals surface area (Å²) >= 11 is 0. The molecule has 1 aromatic rings. The molecule has 0 aromatic heterocycles. The molecule has 0 aliphatic carbocycles. The molecule has 3 N–H and O–H groups in total. The first-order valence-electron chi connectivity index (χ1n) is 4.99. The lowest BCUT2D eigenvalue weighted by atomic mass is 9.91. The van der Waals surface area contributed by atoms with Crippen LogP contribution in [-0.2, 0) is 6.54 Å². The van der Waals surface area contributed by atoms with Crippen molar-refractivity contribution in [3.05, 3.63) is 35.9 Å². The van der Waals surface area contributed by atoms with E-state index in [0.29, 0.717) is 6.54 Å². The first-order valence-corrected chi connectivity index (χ1v) is 4.99. The Morgan fingerprint density at radius 2 is 1.79 bits per heavy atom. The fourth-order valence-electron chi connectivity index (χ4n) is 0.897. The number of hydrazine groups is 1. The lowest BCUT2D eigenvalue weighted by Gasteiger charge is -2.06. The first kappa shape index (κ1) is 13.2. The minimum absolute atomic E-state index is 0.520. The Labute approximate surface area is 86.6 Å². The molecular formula is C10H19BN2O. The molecule has 0 saturated carbocycles. The average molecular weight is 194 g/mol. The predicted octanol–water partition coefficient (Wildman–Crippen LogP) is 1.42. The molecule has 0 unspecified atom stereocenters. The monoisotopic (exact) mass is 194 g/mol. The van der Waals surface area contributed by atoms with E-state index >= 15 is 0 Å². The molecule has 1 rings (SSSR count). The minimum atomic E-state index is -0.520. The minimum Gasteiger partial charge on any atom is -0.437 e. The second kappa shape index (κ2) is 8.75. The number of rotatable bonds is 4. The Balaban J connectivity index is 0.000000791. The summed E-state index contributed by atoms with van der Waals surface area (Å²) in [6, 6.07) is 10.00. The molecule has 3 nitrogen and oxygen atoms in total. The fourth-order valence-corrected chi connectivity index (χ4v) is 0.897. The quantitative estimate of drug-likeness (QED) is 0.501. The molecule has 14 heavy (non-hydrogen) atoms. The van der Waals surface area contributed by atoms with Crippen LogP contribution in [0, 0.1) is 0 Å². The van der Waals surface area contributed by atoms with E-state index in [-0.39, 0.29) is 0 Å². The van der Waals surface area contributed by atoms with Crippen LogP contribution < -0.4 is 10.8 Å². The van der Waals surface area contributed by atoms with Crippen molar-refractivity contribution in [1.82, 2.24) is 10.8 Å². The molecule has 0 aliphatic rings. The maximum atomic E-state index is 8.86. The molecule has 1 aromatic carbocycles. The molecule has 0 spiro atoms. The highest BCUT2D eigenvalue weighted by atomic mass is 16.2. The van der Waals surface area contributed by atoms with Gasteiger partial charge in [-0.1, -0.05) is 44.2 Å². The van der Waals surface area contributed by atoms with Gasteiger partial charge in [0.1, 0.15) is 0 Å². The maximum Gasteiger partial charge on any atom is 0.387 e. The highest BCUT2D eigenvalue weighted by Gasteiger charge is 1.98. The van der Waals surface area contributed by atoms with E-state index in [9.17, 15) is 0 Å². The molecule has 0 atom stereocenters. The highest BCUT2D eigenvalue weighted by molar-refractivity contribution is 6.45. The van der Waals surface area contributed by atoms with Gasteiger partial charge in [-0.25, -0.2) is 0 Å². The predicted molar refractivity (Wildman–Crippen MR) is 61.6 cm³/mol. The van der Waals surface area contributed by atoms with Crippen molar-refractivity contribution in [2.75, 3.05) is 0 Å². The SMILES string of the molecule is CB(O)NNCc1ccccc1.CC. The van der Waals surface area contributed by atoms with Gasteiger partial charge in [0.05, 0.1) is 0 Å². The van der Waals surface area contributed by atoms with Gasteiger partial charge in [0.2, 0.25) is 0 Å². The number of nitrogens with one attached hydrogen (secondary N) is 2. The van der Waals surface area contributed by atoms with Gasteiger partial charge < -0.3 is 5.02 Å². The van der Waals surface area contributed by atoms with Crippen LogP contribution in [0.2, 0.25) is 6.82 Å². The van der Waals surface area contributed by atoms with Crippen LogP contribution in [0.5, 0.6) is 0 Å². The third-order valence-corrected chi connectivity index (χ3v) is 1.45. The molecule has 0 fully saturated rings. The number of hydrogen-bond acceptors (Lipinski definition) is 3. The topological polar surface area (TPSA) is 44.3 Å². The summed E-state index contributed by atoms with van der Waals surface area (Å²) in [5, 5.41) is 11.6. The van der Waals surface area contributed by atoms with Crippen molar-refractivity contribution < 1.29 is 5.02 Å². The highest BCUT2D eigenvalue weighted by Crippen LogP contribution is 1.95. The normalized spacial score (nSPS) is 8.86. The van der Waals surface area contributed by atoms with Gasteiger partial charge in [0, 0.05) is 6.54 Å². The molecule has 0 radical (unpaired) electrons. The van der Waals surface area contributed by atoms with Gasteiger partial charge in [-0.3, -0.25) is 10.8 Å². The largest absolute Gasteiger partial charge is 0.437 e. The van der Waals surface area contributed by atoms with Gasteiger partial charge in [-0.2, -0.15) is 0 Å². The van der Waals surface area contributed by atoms with E-state index in [1.807, 2.05) is 44.2 Å². The van der Waals surface area contributed by atoms with E-state index in [2.05, 4.69) is 10.8 Å². The van der Waals surface area contributed by atoms with Gasteiger partial charge in [0.25, 0.3) is 0 Å². The Morgan fingerprint density at radius 1 is 1.21 bits per heavy atom. The summed E-state index contributed by atoms with van der Waals surface area (Å²) in [5.74, 6) is 0. The zero-order valence-corrected chi connectivity index (χ0v) is 9.12. The third kappa shape index (κ3) is 6.66. The second-order valence-corrected chi connectivity index (χ2v) is 2.66. The van der Waals surface area contributed by atoms with E-state index in [0.717, 1.165) is 0 Å². The van der Waals surface area contributed by atoms with Gasteiger partial charge in [0.15, 0.2) is 0 Å². The van der Waals surface area contributed by atoms with Crippen molar-refractivity contribution in [2.45, 2.75) is 27.2 Å². The average Bonchev–Trinajstić information content (AvgIpc) is 2.22. The van der Waals surface area contributed by atoms with E-state index < -0.39 is 7.05 Å². The summed E-state index contributed by atoms with van der Waals surface area (Å²) < 4.78 is 0. The van der Waals surface area contributed by atoms with Gasteiger partial charge >= 0.3 is 7.05 Å². The van der Waals surface area contributed by atoms with Crippen LogP contribution >= 0.6 is 0 Å². The van der Waals surface area contributed by atoms with Crippen molar-refractivity contribution >= 4 is 7.05 Å². The Morgan fingerprint density at radius 3 is 2.29 bits per heavy atom. The Bertz CT molecular complexity index is 217. The lowest BCUT2D eigenvalue weighted by molar-refractivity contribution is 0.520. The lowest BCUT2D eigenvalue weighted by Crippen LogP contribution is -2.41. The van der Waals surface area contributed by atoms with Crippen LogP contribution in [0.3, 0.4) is 0 Å². The van der Waals surface area contributed by atoms with E-state index in [4.69, 9.17) is 5.02 Å². The standard InChI is InChI=1S/C8H13BN2O.C2H6/c1-9(12)11-10-7-8-5-3-2-4-6-8;1-2/h2-6,10-12H,7H2,1H3;1-2H3. The molecule has 0 amide bonds. The van der Waals surface area contributed by atoms with Crippen molar-refractivity contribution in [3.63, 3.8) is 0 Å². The van der Waals surface area contributed by atoms with Crippen molar-refractivity contribution in [2.24, 2.45) is 0 Å². The summed E-state index contributed by atoms with van der Waals surface area (Å²) in [5.41, 5.74) is 4.09. The second-order valence-electron chi connectivity index (χ2n) is 2.66. The molecule has 0 saturated heterocycles. The van der Waals surface area contributed by atoms with E-state index in [1.165, 1.54) is 5.56 Å². The Hall–Kier alpha value is -0.835. The number of benzene rings is 1. The first-order chi connectivity index (χ1) is 6.79. The van der Waals surface area contributed by atoms with Crippen molar-refractivity contribution in [1.29, 1.82) is 0 Å². The van der Waals surface area contributed by atoms with Crippen LogP contribution in [-0.4, -0.2) is 12.1 Å². The molecule has 0 heterocycles. The van der Waals surface area contributed by atoms with Crippen molar-refractivity contribution in [3.8, 4) is 0 Å². The van der Waals surface area contributed by atoms with Gasteiger partial charge in [-0.15, -0.1) is 0 Å². The third-order valence-electron chi connectivity index (χ3n) is 1.45. The van der Waals surface area contributed by atoms with Crippen LogP contribution in [0.4, 0.5) is 0 Å². The Kier molecular flexibility index (Phi) is 8.23. The van der Waals surface area contributed by atoms with Gasteiger partial charge in [-0.05, 0) is 12.4 Å². The zero-order valence-electron chi connectivity index (χ0n) is 9.12. The van der Waals surface area contributed by atoms with Crippen LogP contribution in [0.1, 0.15) is 19.4 Å². The fraction of sp³-hybridized carbons (Fsp3) is 0.400. The summed E-state index contributed by atoms with van der Waals surface area (Å²) in [6.45, 7) is 6.38. The van der Waals surface area contributed by atoms with E-state index in [1.54, 1.807) is 6.82 Å². The number of hydrogen-bond donors (Lipinski definition) is 3. The molecule has 0 bridgehead atoms. The maximum absolute atomic E-state index is 8.86. The summed E-state index contributed by atoms with van der Waals surface area (Å²) in [6.07, 6.45) is 0. The summed E-state index contributed by atoms with van der Waals surface area (Å²) in [7, 11) is -0.520. The molecule has 0 aliphatic heterocycles. The molecular weight excluding hydrogens is 175 g/mol. The van der Waals surface area contributed by atoms with Crippen LogP contribution in [0.25, 0.3) is 0 Å². The zero-order chi connectivity index (χ0) is 10.8. The smallest absolute Gasteiger partial charge is 0.387 e.